The lowest BCUT2D eigenvalue weighted by Gasteiger charge is -2.18. The second-order valence-electron chi connectivity index (χ2n) is 3.70. The molecule has 78 valence electrons. The maximum atomic E-state index is 9.44. The maximum Gasteiger partial charge on any atom is 0.165 e. The summed E-state index contributed by atoms with van der Waals surface area (Å²) < 4.78 is 0. The summed E-state index contributed by atoms with van der Waals surface area (Å²) in [6, 6.07) is 3.69. The number of aromatic nitrogens is 2. The third-order valence-corrected chi connectivity index (χ3v) is 2.57. The molecule has 1 fully saturated rings. The van der Waals surface area contributed by atoms with Crippen LogP contribution < -0.4 is 4.90 Å². The van der Waals surface area contributed by atoms with Crippen molar-refractivity contribution >= 4 is 5.69 Å². The Morgan fingerprint density at radius 1 is 1.60 bits per heavy atom. The molecular weight excluding hydrogens is 192 g/mol. The predicted molar refractivity (Wildman–Crippen MR) is 54.3 cm³/mol. The third kappa shape index (κ3) is 1.90. The van der Waals surface area contributed by atoms with Gasteiger partial charge >= 0.3 is 0 Å². The normalized spacial score (nSPS) is 20.3. The summed E-state index contributed by atoms with van der Waals surface area (Å²) in [5.74, 6) is 0. The number of anilines is 1. The highest BCUT2D eigenvalue weighted by Crippen LogP contribution is 2.22. The Labute approximate surface area is 88.0 Å². The van der Waals surface area contributed by atoms with Crippen molar-refractivity contribution < 1.29 is 5.11 Å². The minimum atomic E-state index is -0.275. The van der Waals surface area contributed by atoms with Crippen LogP contribution in [0, 0.1) is 18.3 Å². The van der Waals surface area contributed by atoms with Gasteiger partial charge in [0.25, 0.3) is 0 Å². The van der Waals surface area contributed by atoms with E-state index in [0.29, 0.717) is 12.2 Å². The first-order valence-electron chi connectivity index (χ1n) is 4.88. The van der Waals surface area contributed by atoms with Crippen LogP contribution >= 0.6 is 0 Å². The first-order chi connectivity index (χ1) is 7.20. The molecule has 1 aliphatic heterocycles. The molecule has 2 rings (SSSR count). The van der Waals surface area contributed by atoms with Gasteiger partial charge in [-0.15, -0.1) is 5.10 Å². The van der Waals surface area contributed by atoms with Gasteiger partial charge in [0, 0.05) is 19.2 Å². The van der Waals surface area contributed by atoms with Crippen LogP contribution in [0.4, 0.5) is 5.69 Å². The molecule has 0 aromatic carbocycles. The first kappa shape index (κ1) is 9.87. The molecule has 15 heavy (non-hydrogen) atoms. The summed E-state index contributed by atoms with van der Waals surface area (Å²) in [6.45, 7) is 3.27. The van der Waals surface area contributed by atoms with Crippen LogP contribution in [0.15, 0.2) is 6.07 Å². The van der Waals surface area contributed by atoms with Crippen molar-refractivity contribution in [2.75, 3.05) is 18.0 Å². The standard InChI is InChI=1S/C10H12N4O/c1-7-10(4-8(5-11)13-12-7)14-3-2-9(15)6-14/h4,9,15H,2-3,6H2,1H3. The molecule has 0 saturated carbocycles. The largest absolute Gasteiger partial charge is 0.391 e. The van der Waals surface area contributed by atoms with Crippen LogP contribution in [-0.2, 0) is 0 Å². The highest BCUT2D eigenvalue weighted by molar-refractivity contribution is 5.53. The van der Waals surface area contributed by atoms with Crippen molar-refractivity contribution in [1.82, 2.24) is 10.2 Å². The van der Waals surface area contributed by atoms with Crippen LogP contribution in [0.2, 0.25) is 0 Å². The van der Waals surface area contributed by atoms with Crippen molar-refractivity contribution in [3.8, 4) is 6.07 Å². The third-order valence-electron chi connectivity index (χ3n) is 2.57. The fourth-order valence-corrected chi connectivity index (χ4v) is 1.78. The van der Waals surface area contributed by atoms with Gasteiger partial charge < -0.3 is 10.0 Å². The Balaban J connectivity index is 2.31. The van der Waals surface area contributed by atoms with Crippen LogP contribution in [0.1, 0.15) is 17.8 Å². The van der Waals surface area contributed by atoms with E-state index in [2.05, 4.69) is 10.2 Å². The van der Waals surface area contributed by atoms with Gasteiger partial charge in [0.15, 0.2) is 5.69 Å². The summed E-state index contributed by atoms with van der Waals surface area (Å²) in [4.78, 5) is 2.04. The lowest BCUT2D eigenvalue weighted by molar-refractivity contribution is 0.198. The number of aryl methyl sites for hydroxylation is 1. The van der Waals surface area contributed by atoms with Crippen molar-refractivity contribution in [1.29, 1.82) is 5.26 Å². The predicted octanol–water partition coefficient (Wildman–Crippen LogP) is 0.228. The molecule has 0 amide bonds. The number of aliphatic hydroxyl groups excluding tert-OH is 1. The molecule has 0 bridgehead atoms. The van der Waals surface area contributed by atoms with Gasteiger partial charge in [-0.2, -0.15) is 10.4 Å². The monoisotopic (exact) mass is 204 g/mol. The molecule has 1 atom stereocenters. The number of hydrogen-bond acceptors (Lipinski definition) is 5. The van der Waals surface area contributed by atoms with Crippen LogP contribution in [0.5, 0.6) is 0 Å². The van der Waals surface area contributed by atoms with Crippen LogP contribution in [0.25, 0.3) is 0 Å². The second-order valence-corrected chi connectivity index (χ2v) is 3.70. The zero-order valence-corrected chi connectivity index (χ0v) is 8.51. The minimum Gasteiger partial charge on any atom is -0.391 e. The quantitative estimate of drug-likeness (QED) is 0.708. The van der Waals surface area contributed by atoms with Crippen molar-refractivity contribution in [2.45, 2.75) is 19.4 Å². The average Bonchev–Trinajstić information content (AvgIpc) is 2.65. The molecule has 1 aromatic heterocycles. The zero-order valence-electron chi connectivity index (χ0n) is 8.51. The summed E-state index contributed by atoms with van der Waals surface area (Å²) in [5, 5.41) is 25.8. The van der Waals surface area contributed by atoms with Gasteiger partial charge in [0.2, 0.25) is 0 Å². The second kappa shape index (κ2) is 3.83. The Morgan fingerprint density at radius 2 is 2.40 bits per heavy atom. The molecule has 2 heterocycles. The Kier molecular flexibility index (Phi) is 2.52. The Morgan fingerprint density at radius 3 is 3.00 bits per heavy atom. The SMILES string of the molecule is Cc1nnc(C#N)cc1N1CCC(O)C1. The topological polar surface area (TPSA) is 73.0 Å². The van der Waals surface area contributed by atoms with Gasteiger partial charge in [-0.1, -0.05) is 0 Å². The van der Waals surface area contributed by atoms with E-state index in [9.17, 15) is 5.11 Å². The maximum absolute atomic E-state index is 9.44. The molecule has 0 spiro atoms. The van der Waals surface area contributed by atoms with Crippen molar-refractivity contribution in [3.05, 3.63) is 17.5 Å². The van der Waals surface area contributed by atoms with Crippen molar-refractivity contribution in [3.63, 3.8) is 0 Å². The highest BCUT2D eigenvalue weighted by Gasteiger charge is 2.22. The molecule has 1 saturated heterocycles. The number of nitrogens with zero attached hydrogens (tertiary/aromatic N) is 4. The molecule has 1 N–H and O–H groups in total. The fraction of sp³-hybridized carbons (Fsp3) is 0.500. The lowest BCUT2D eigenvalue weighted by atomic mass is 10.3. The molecule has 1 aliphatic rings. The summed E-state index contributed by atoms with van der Waals surface area (Å²) in [5.41, 5.74) is 2.01. The molecule has 1 aromatic rings. The van der Waals surface area contributed by atoms with Crippen molar-refractivity contribution in [2.24, 2.45) is 0 Å². The average molecular weight is 204 g/mol. The molecule has 0 aliphatic carbocycles. The molecule has 5 heteroatoms. The first-order valence-corrected chi connectivity index (χ1v) is 4.88. The summed E-state index contributed by atoms with van der Waals surface area (Å²) >= 11 is 0. The molecular formula is C10H12N4O. The van der Waals surface area contributed by atoms with E-state index < -0.39 is 0 Å². The minimum absolute atomic E-state index is 0.275. The van der Waals surface area contributed by atoms with E-state index in [4.69, 9.17) is 5.26 Å². The molecule has 0 radical (unpaired) electrons. The fourth-order valence-electron chi connectivity index (χ4n) is 1.78. The van der Waals surface area contributed by atoms with Crippen LogP contribution in [-0.4, -0.2) is 34.5 Å². The van der Waals surface area contributed by atoms with Crippen LogP contribution in [0.3, 0.4) is 0 Å². The van der Waals surface area contributed by atoms with Gasteiger partial charge in [0.1, 0.15) is 6.07 Å². The smallest absolute Gasteiger partial charge is 0.165 e. The van der Waals surface area contributed by atoms with Gasteiger partial charge in [0.05, 0.1) is 17.5 Å². The summed E-state index contributed by atoms with van der Waals surface area (Å²) in [6.07, 6.45) is 0.493. The number of hydrogen-bond donors (Lipinski definition) is 1. The lowest BCUT2D eigenvalue weighted by Crippen LogP contribution is -2.22. The van der Waals surface area contributed by atoms with E-state index in [-0.39, 0.29) is 6.10 Å². The van der Waals surface area contributed by atoms with Gasteiger partial charge in [-0.3, -0.25) is 0 Å². The van der Waals surface area contributed by atoms with Gasteiger partial charge in [-0.05, 0) is 13.3 Å². The van der Waals surface area contributed by atoms with E-state index in [1.165, 1.54) is 0 Å². The highest BCUT2D eigenvalue weighted by atomic mass is 16.3. The number of rotatable bonds is 1. The van der Waals surface area contributed by atoms with E-state index in [1.807, 2.05) is 17.9 Å². The number of nitriles is 1. The number of β-amino-alcohol motifs (C(OH)–C–C–N with tert-alkyl or cyclic N) is 1. The van der Waals surface area contributed by atoms with Gasteiger partial charge in [-0.25, -0.2) is 0 Å². The van der Waals surface area contributed by atoms with E-state index >= 15 is 0 Å². The zero-order chi connectivity index (χ0) is 10.8. The Bertz CT molecular complexity index is 412. The molecule has 1 unspecified atom stereocenters. The Hall–Kier alpha value is -1.67. The molecule has 5 nitrogen and oxygen atoms in total. The van der Waals surface area contributed by atoms with E-state index in [1.54, 1.807) is 6.07 Å². The van der Waals surface area contributed by atoms with E-state index in [0.717, 1.165) is 24.3 Å². The number of aliphatic hydroxyl groups is 1. The summed E-state index contributed by atoms with van der Waals surface area (Å²) in [7, 11) is 0.